The number of hydrogen-bond acceptors (Lipinski definition) is 6. The van der Waals surface area contributed by atoms with E-state index in [0.717, 1.165) is 83.9 Å². The molecule has 4 aromatic heterocycles. The summed E-state index contributed by atoms with van der Waals surface area (Å²) in [6.45, 7) is 13.7. The molecule has 0 radical (unpaired) electrons. The minimum Gasteiger partial charge on any atom is -0.456 e. The standard InChI is InChI=1S/C63H47BN2O3S/c1-36-26-50-60-51(27-36)66(61-37(2)28-44(29-38(61)3)57-34-42-16-9-12-21-54(42)69-57)62-59(47-35-45(63(4,5)6)23-25-58(47)70-62)64(60)48-24-22-43(56-33-41-15-8-11-20-53(41)68-56)31-49(48)65(50)46-18-13-17-39(30-46)55-32-40-14-7-10-19-52(40)67-55/h7-35H,1-6H3. The summed E-state index contributed by atoms with van der Waals surface area (Å²) in [5.74, 6) is 2.56. The fraction of sp³-hybridized carbons (Fsp3) is 0.111. The Morgan fingerprint density at radius 2 is 1.04 bits per heavy atom. The van der Waals surface area contributed by atoms with Crippen molar-refractivity contribution in [2.24, 2.45) is 0 Å². The molecule has 0 N–H and O–H groups in total. The third-order valence-electron chi connectivity index (χ3n) is 14.6. The zero-order valence-electron chi connectivity index (χ0n) is 39.8. The fourth-order valence-electron chi connectivity index (χ4n) is 11.4. The van der Waals surface area contributed by atoms with Gasteiger partial charge in [-0.25, -0.2) is 0 Å². The molecule has 0 saturated carbocycles. The van der Waals surface area contributed by atoms with Crippen molar-refractivity contribution >= 4 is 111 Å². The van der Waals surface area contributed by atoms with E-state index in [-0.39, 0.29) is 12.1 Å². The molecule has 0 spiro atoms. The van der Waals surface area contributed by atoms with E-state index in [1.807, 2.05) is 47.7 Å². The van der Waals surface area contributed by atoms with Gasteiger partial charge in [0, 0.05) is 60.3 Å². The molecule has 336 valence electrons. The highest BCUT2D eigenvalue weighted by molar-refractivity contribution is 7.26. The quantitative estimate of drug-likeness (QED) is 0.161. The minimum absolute atomic E-state index is 0.0369. The van der Waals surface area contributed by atoms with Gasteiger partial charge in [-0.05, 0) is 155 Å². The zero-order valence-corrected chi connectivity index (χ0v) is 40.7. The average Bonchev–Trinajstić information content (AvgIpc) is 4.17. The van der Waals surface area contributed by atoms with Crippen molar-refractivity contribution in [1.29, 1.82) is 0 Å². The molecule has 70 heavy (non-hydrogen) atoms. The summed E-state index contributed by atoms with van der Waals surface area (Å²) in [5.41, 5.74) is 20.2. The molecule has 8 aromatic carbocycles. The number of anilines is 6. The van der Waals surface area contributed by atoms with Crippen LogP contribution in [0.4, 0.5) is 33.4 Å². The molecule has 0 bridgehead atoms. The van der Waals surface area contributed by atoms with Gasteiger partial charge in [0.2, 0.25) is 0 Å². The maximum atomic E-state index is 6.61. The van der Waals surface area contributed by atoms with E-state index in [0.29, 0.717) is 0 Å². The second kappa shape index (κ2) is 15.0. The van der Waals surface area contributed by atoms with Crippen molar-refractivity contribution in [3.8, 4) is 34.0 Å². The van der Waals surface area contributed by atoms with Crippen LogP contribution in [0.15, 0.2) is 189 Å². The SMILES string of the molecule is Cc1cc2c3c(c1)N(c1c(C)cc(-c4cc5ccccc5o4)cc1C)c1sc4ccc(C(C)(C)C)cc4c1B3c1ccc(-c3cc4ccccc4o3)cc1N2c1cccc(-c2cc3ccccc3o2)c1. The molecule has 5 nitrogen and oxygen atoms in total. The van der Waals surface area contributed by atoms with Gasteiger partial charge in [-0.1, -0.05) is 112 Å². The Morgan fingerprint density at radius 3 is 1.64 bits per heavy atom. The Labute approximate surface area is 410 Å². The van der Waals surface area contributed by atoms with Crippen LogP contribution in [0.3, 0.4) is 0 Å². The number of fused-ring (bicyclic) bond motifs is 9. The van der Waals surface area contributed by atoms with Crippen LogP contribution < -0.4 is 26.2 Å². The van der Waals surface area contributed by atoms with Crippen LogP contribution in [0.5, 0.6) is 0 Å². The topological polar surface area (TPSA) is 45.9 Å². The molecule has 7 heteroatoms. The highest BCUT2D eigenvalue weighted by Crippen LogP contribution is 2.51. The van der Waals surface area contributed by atoms with E-state index in [2.05, 4.69) is 191 Å². The van der Waals surface area contributed by atoms with E-state index in [1.54, 1.807) is 0 Å². The molecule has 0 unspecified atom stereocenters. The summed E-state index contributed by atoms with van der Waals surface area (Å²) in [6.07, 6.45) is 0. The van der Waals surface area contributed by atoms with Gasteiger partial charge < -0.3 is 23.1 Å². The van der Waals surface area contributed by atoms with Gasteiger partial charge >= 0.3 is 0 Å². The third-order valence-corrected chi connectivity index (χ3v) is 15.8. The van der Waals surface area contributed by atoms with E-state index in [1.165, 1.54) is 65.1 Å². The number of hydrogen-bond donors (Lipinski definition) is 0. The summed E-state index contributed by atoms with van der Waals surface area (Å²) in [7, 11) is 0. The number of furan rings is 3. The van der Waals surface area contributed by atoms with Crippen LogP contribution in [-0.4, -0.2) is 6.71 Å². The summed E-state index contributed by atoms with van der Waals surface area (Å²) < 4.78 is 20.9. The van der Waals surface area contributed by atoms with Crippen LogP contribution in [0.25, 0.3) is 77.0 Å². The molecule has 2 aliphatic heterocycles. The molecule has 2 aliphatic rings. The molecule has 0 aliphatic carbocycles. The van der Waals surface area contributed by atoms with Crippen molar-refractivity contribution in [2.75, 3.05) is 9.80 Å². The predicted octanol–water partition coefficient (Wildman–Crippen LogP) is 16.4. The van der Waals surface area contributed by atoms with Crippen molar-refractivity contribution in [2.45, 2.75) is 47.0 Å². The second-order valence-corrected chi connectivity index (χ2v) is 21.4. The summed E-state index contributed by atoms with van der Waals surface area (Å²) in [5, 5.41) is 5.84. The number of thiophene rings is 1. The van der Waals surface area contributed by atoms with Gasteiger partial charge in [-0.2, -0.15) is 0 Å². The molecule has 0 saturated heterocycles. The lowest BCUT2D eigenvalue weighted by molar-refractivity contribution is 0.591. The molecule has 0 fully saturated rings. The van der Waals surface area contributed by atoms with Crippen LogP contribution in [0.2, 0.25) is 0 Å². The van der Waals surface area contributed by atoms with Gasteiger partial charge in [0.1, 0.15) is 34.0 Å². The van der Waals surface area contributed by atoms with E-state index >= 15 is 0 Å². The highest BCUT2D eigenvalue weighted by Gasteiger charge is 2.46. The average molecular weight is 923 g/mol. The third kappa shape index (κ3) is 6.24. The first-order chi connectivity index (χ1) is 34.0. The first-order valence-corrected chi connectivity index (χ1v) is 25.0. The van der Waals surface area contributed by atoms with E-state index in [9.17, 15) is 0 Å². The van der Waals surface area contributed by atoms with Crippen molar-refractivity contribution < 1.29 is 13.3 Å². The van der Waals surface area contributed by atoms with Crippen LogP contribution in [0.1, 0.15) is 43.0 Å². The van der Waals surface area contributed by atoms with Crippen molar-refractivity contribution in [3.05, 3.63) is 198 Å². The molecule has 12 aromatic rings. The minimum atomic E-state index is -0.0641. The Hall–Kier alpha value is -8.00. The zero-order chi connectivity index (χ0) is 47.2. The Balaban J connectivity index is 1.04. The second-order valence-electron chi connectivity index (χ2n) is 20.3. The molecule has 6 heterocycles. The summed E-state index contributed by atoms with van der Waals surface area (Å²) in [6, 6.07) is 63.7. The molecular formula is C63H47BN2O3S. The largest absolute Gasteiger partial charge is 0.456 e. The maximum absolute atomic E-state index is 6.61. The normalized spacial score (nSPS) is 13.2. The maximum Gasteiger partial charge on any atom is 0.254 e. The lowest BCUT2D eigenvalue weighted by Gasteiger charge is -2.44. The molecule has 0 amide bonds. The lowest BCUT2D eigenvalue weighted by atomic mass is 9.33. The first kappa shape index (κ1) is 41.0. The predicted molar refractivity (Wildman–Crippen MR) is 294 cm³/mol. The number of aryl methyl sites for hydroxylation is 3. The Morgan fingerprint density at radius 1 is 0.471 bits per heavy atom. The lowest BCUT2D eigenvalue weighted by Crippen LogP contribution is -2.61. The number of rotatable bonds is 5. The Bertz CT molecular complexity index is 4020. The fourth-order valence-corrected chi connectivity index (χ4v) is 12.6. The molecule has 0 atom stereocenters. The Kier molecular flexibility index (Phi) is 8.79. The van der Waals surface area contributed by atoms with E-state index < -0.39 is 0 Å². The molecular weight excluding hydrogens is 876 g/mol. The van der Waals surface area contributed by atoms with Crippen molar-refractivity contribution in [3.63, 3.8) is 0 Å². The van der Waals surface area contributed by atoms with Gasteiger partial charge in [-0.3, -0.25) is 0 Å². The number of nitrogens with zero attached hydrogens (tertiary/aromatic N) is 2. The van der Waals surface area contributed by atoms with Crippen LogP contribution >= 0.6 is 11.3 Å². The van der Waals surface area contributed by atoms with Gasteiger partial charge in [0.25, 0.3) is 6.71 Å². The first-order valence-electron chi connectivity index (χ1n) is 24.2. The summed E-state index contributed by atoms with van der Waals surface area (Å²) in [4.78, 5) is 5.10. The highest BCUT2D eigenvalue weighted by atomic mass is 32.1. The van der Waals surface area contributed by atoms with Crippen LogP contribution in [-0.2, 0) is 5.41 Å². The van der Waals surface area contributed by atoms with E-state index in [4.69, 9.17) is 13.3 Å². The van der Waals surface area contributed by atoms with Gasteiger partial charge in [0.05, 0.1) is 10.7 Å². The van der Waals surface area contributed by atoms with Crippen LogP contribution in [0, 0.1) is 20.8 Å². The monoisotopic (exact) mass is 922 g/mol. The van der Waals surface area contributed by atoms with Gasteiger partial charge in [0.15, 0.2) is 0 Å². The summed E-state index contributed by atoms with van der Waals surface area (Å²) >= 11 is 1.91. The molecule has 14 rings (SSSR count). The number of para-hydroxylation sites is 3. The van der Waals surface area contributed by atoms with Crippen molar-refractivity contribution in [1.82, 2.24) is 0 Å². The smallest absolute Gasteiger partial charge is 0.254 e. The van der Waals surface area contributed by atoms with Gasteiger partial charge in [-0.15, -0.1) is 11.3 Å². The number of benzene rings is 8.